The van der Waals surface area contributed by atoms with E-state index in [2.05, 4.69) is 0 Å². The first kappa shape index (κ1) is 9.21. The predicted molar refractivity (Wildman–Crippen MR) is 52.8 cm³/mol. The summed E-state index contributed by atoms with van der Waals surface area (Å²) in [5, 5.41) is 8.79. The van der Waals surface area contributed by atoms with Gasteiger partial charge in [-0.05, 0) is 23.5 Å². The molecule has 74 valence electrons. The molecule has 3 nitrogen and oxygen atoms in total. The van der Waals surface area contributed by atoms with Crippen LogP contribution in [0.2, 0.25) is 0 Å². The second-order valence-electron chi connectivity index (χ2n) is 3.74. The fraction of sp³-hybridized carbons (Fsp3) is 0.364. The highest BCUT2D eigenvalue weighted by Gasteiger charge is 2.44. The summed E-state index contributed by atoms with van der Waals surface area (Å²) >= 11 is 0. The fourth-order valence-electron chi connectivity index (χ4n) is 1.79. The van der Waals surface area contributed by atoms with E-state index in [0.29, 0.717) is 6.54 Å². The molecular weight excluding hydrogens is 178 g/mol. The van der Waals surface area contributed by atoms with Crippen LogP contribution in [-0.4, -0.2) is 11.1 Å². The van der Waals surface area contributed by atoms with Gasteiger partial charge < -0.3 is 10.8 Å². The zero-order chi connectivity index (χ0) is 10.1. The van der Waals surface area contributed by atoms with Crippen LogP contribution in [0, 0.1) is 5.92 Å². The number of hydrogen-bond donors (Lipinski definition) is 2. The number of hydrogen-bond acceptors (Lipinski definition) is 2. The molecule has 1 saturated carbocycles. The monoisotopic (exact) mass is 191 g/mol. The van der Waals surface area contributed by atoms with E-state index in [9.17, 15) is 4.79 Å². The maximum absolute atomic E-state index is 10.7. The van der Waals surface area contributed by atoms with Gasteiger partial charge in [-0.15, -0.1) is 0 Å². The van der Waals surface area contributed by atoms with Gasteiger partial charge in [-0.3, -0.25) is 4.79 Å². The summed E-state index contributed by atoms with van der Waals surface area (Å²) in [5.41, 5.74) is 7.70. The van der Waals surface area contributed by atoms with Crippen LogP contribution in [0.1, 0.15) is 23.5 Å². The van der Waals surface area contributed by atoms with E-state index in [4.69, 9.17) is 10.8 Å². The average molecular weight is 191 g/mol. The lowest BCUT2D eigenvalue weighted by Crippen LogP contribution is -2.00. The summed E-state index contributed by atoms with van der Waals surface area (Å²) in [7, 11) is 0. The van der Waals surface area contributed by atoms with E-state index in [1.807, 2.05) is 24.3 Å². The van der Waals surface area contributed by atoms with Gasteiger partial charge in [0.2, 0.25) is 0 Å². The smallest absolute Gasteiger partial charge is 0.307 e. The summed E-state index contributed by atoms with van der Waals surface area (Å²) < 4.78 is 0. The molecule has 2 unspecified atom stereocenters. The molecule has 0 heterocycles. The number of rotatable bonds is 3. The first-order chi connectivity index (χ1) is 6.72. The first-order valence-corrected chi connectivity index (χ1v) is 4.74. The zero-order valence-corrected chi connectivity index (χ0v) is 7.81. The molecular formula is C11H13NO2. The summed E-state index contributed by atoms with van der Waals surface area (Å²) in [6, 6.07) is 7.89. The van der Waals surface area contributed by atoms with Crippen LogP contribution in [0.15, 0.2) is 24.3 Å². The standard InChI is InChI=1S/C11H13NO2/c12-6-7-2-1-3-8(4-7)9-5-10(9)11(13)14/h1-4,9-10H,5-6,12H2,(H,13,14). The Morgan fingerprint density at radius 2 is 2.36 bits per heavy atom. The number of nitrogens with two attached hydrogens (primary N) is 1. The topological polar surface area (TPSA) is 63.3 Å². The molecule has 1 aromatic rings. The lowest BCUT2D eigenvalue weighted by molar-refractivity contribution is -0.138. The molecule has 14 heavy (non-hydrogen) atoms. The van der Waals surface area contributed by atoms with Gasteiger partial charge in [0.25, 0.3) is 0 Å². The lowest BCUT2D eigenvalue weighted by Gasteiger charge is -2.01. The van der Waals surface area contributed by atoms with Crippen molar-refractivity contribution in [3.05, 3.63) is 35.4 Å². The highest BCUT2D eigenvalue weighted by Crippen LogP contribution is 2.47. The van der Waals surface area contributed by atoms with Gasteiger partial charge in [-0.2, -0.15) is 0 Å². The second kappa shape index (κ2) is 3.42. The number of carboxylic acid groups (broad SMARTS) is 1. The van der Waals surface area contributed by atoms with E-state index >= 15 is 0 Å². The summed E-state index contributed by atoms with van der Waals surface area (Å²) in [5.74, 6) is -0.657. The zero-order valence-electron chi connectivity index (χ0n) is 7.81. The highest BCUT2D eigenvalue weighted by molar-refractivity contribution is 5.75. The minimum absolute atomic E-state index is 0.178. The van der Waals surface area contributed by atoms with E-state index in [0.717, 1.165) is 17.5 Å². The molecule has 0 radical (unpaired) electrons. The van der Waals surface area contributed by atoms with E-state index in [1.54, 1.807) is 0 Å². The molecule has 0 saturated heterocycles. The molecule has 2 atom stereocenters. The van der Waals surface area contributed by atoms with Crippen LogP contribution in [0.3, 0.4) is 0 Å². The second-order valence-corrected chi connectivity index (χ2v) is 3.74. The van der Waals surface area contributed by atoms with Crippen molar-refractivity contribution in [2.45, 2.75) is 18.9 Å². The Morgan fingerprint density at radius 3 is 2.93 bits per heavy atom. The van der Waals surface area contributed by atoms with Crippen molar-refractivity contribution in [3.8, 4) is 0 Å². The minimum atomic E-state index is -0.687. The average Bonchev–Trinajstić information content (AvgIpc) is 2.97. The highest BCUT2D eigenvalue weighted by atomic mass is 16.4. The largest absolute Gasteiger partial charge is 0.481 e. The Bertz CT molecular complexity index is 362. The van der Waals surface area contributed by atoms with Crippen LogP contribution in [0.5, 0.6) is 0 Å². The maximum atomic E-state index is 10.7. The molecule has 2 rings (SSSR count). The van der Waals surface area contributed by atoms with Gasteiger partial charge in [-0.1, -0.05) is 24.3 Å². The van der Waals surface area contributed by atoms with Crippen LogP contribution < -0.4 is 5.73 Å². The lowest BCUT2D eigenvalue weighted by atomic mass is 10.1. The Labute approximate surface area is 82.5 Å². The number of benzene rings is 1. The van der Waals surface area contributed by atoms with Crippen molar-refractivity contribution in [2.75, 3.05) is 0 Å². The maximum Gasteiger partial charge on any atom is 0.307 e. The van der Waals surface area contributed by atoms with Gasteiger partial charge >= 0.3 is 5.97 Å². The van der Waals surface area contributed by atoms with Gasteiger partial charge in [0.15, 0.2) is 0 Å². The van der Waals surface area contributed by atoms with Crippen LogP contribution in [-0.2, 0) is 11.3 Å². The Morgan fingerprint density at radius 1 is 1.57 bits per heavy atom. The molecule has 3 N–H and O–H groups in total. The minimum Gasteiger partial charge on any atom is -0.481 e. The van der Waals surface area contributed by atoms with Crippen molar-refractivity contribution in [1.82, 2.24) is 0 Å². The molecule has 0 spiro atoms. The van der Waals surface area contributed by atoms with Gasteiger partial charge in [0.1, 0.15) is 0 Å². The number of carbonyl (C=O) groups is 1. The third-order valence-corrected chi connectivity index (χ3v) is 2.72. The molecule has 1 aliphatic rings. The van der Waals surface area contributed by atoms with E-state index < -0.39 is 5.97 Å². The Kier molecular flexibility index (Phi) is 2.25. The SMILES string of the molecule is NCc1cccc(C2CC2C(=O)O)c1. The summed E-state index contributed by atoms with van der Waals surface area (Å²) in [6.45, 7) is 0.512. The Balaban J connectivity index is 2.15. The van der Waals surface area contributed by atoms with Crippen molar-refractivity contribution in [2.24, 2.45) is 11.7 Å². The first-order valence-electron chi connectivity index (χ1n) is 4.74. The molecule has 1 fully saturated rings. The van der Waals surface area contributed by atoms with Gasteiger partial charge in [0.05, 0.1) is 5.92 Å². The molecule has 1 aliphatic carbocycles. The summed E-state index contributed by atoms with van der Waals surface area (Å²) in [4.78, 5) is 10.7. The predicted octanol–water partition coefficient (Wildman–Crippen LogP) is 1.33. The number of carboxylic acids is 1. The van der Waals surface area contributed by atoms with Crippen LogP contribution >= 0.6 is 0 Å². The molecule has 3 heteroatoms. The van der Waals surface area contributed by atoms with Crippen molar-refractivity contribution in [1.29, 1.82) is 0 Å². The quantitative estimate of drug-likeness (QED) is 0.757. The van der Waals surface area contributed by atoms with Crippen molar-refractivity contribution < 1.29 is 9.90 Å². The normalized spacial score (nSPS) is 24.6. The summed E-state index contributed by atoms with van der Waals surface area (Å²) in [6.07, 6.45) is 0.767. The van der Waals surface area contributed by atoms with Crippen molar-refractivity contribution >= 4 is 5.97 Å². The van der Waals surface area contributed by atoms with Gasteiger partial charge in [-0.25, -0.2) is 0 Å². The molecule has 0 aromatic heterocycles. The molecule has 0 bridgehead atoms. The Hall–Kier alpha value is -1.35. The van der Waals surface area contributed by atoms with E-state index in [-0.39, 0.29) is 11.8 Å². The molecule has 0 amide bonds. The van der Waals surface area contributed by atoms with E-state index in [1.165, 1.54) is 0 Å². The van der Waals surface area contributed by atoms with Gasteiger partial charge in [0, 0.05) is 6.54 Å². The van der Waals surface area contributed by atoms with Crippen LogP contribution in [0.25, 0.3) is 0 Å². The third kappa shape index (κ3) is 1.63. The number of aliphatic carboxylic acids is 1. The van der Waals surface area contributed by atoms with Crippen LogP contribution in [0.4, 0.5) is 0 Å². The molecule has 1 aromatic carbocycles. The van der Waals surface area contributed by atoms with Crippen molar-refractivity contribution in [3.63, 3.8) is 0 Å². The fourth-order valence-corrected chi connectivity index (χ4v) is 1.79. The third-order valence-electron chi connectivity index (χ3n) is 2.72. The molecule has 0 aliphatic heterocycles.